The Labute approximate surface area is 84.7 Å². The van der Waals surface area contributed by atoms with Crippen LogP contribution in [0.2, 0.25) is 0 Å². The molecule has 0 aliphatic heterocycles. The van der Waals surface area contributed by atoms with Crippen molar-refractivity contribution < 1.29 is 9.50 Å². The Balaban J connectivity index is 3.01. The first-order chi connectivity index (χ1) is 6.02. The number of hydrogen-bond donors (Lipinski definition) is 2. The van der Waals surface area contributed by atoms with E-state index in [-0.39, 0.29) is 5.56 Å². The van der Waals surface area contributed by atoms with E-state index < -0.39 is 18.0 Å². The van der Waals surface area contributed by atoms with Gasteiger partial charge >= 0.3 is 0 Å². The Hall–Kier alpha value is -0.450. The minimum Gasteiger partial charge on any atom is -0.387 e. The van der Waals surface area contributed by atoms with Gasteiger partial charge in [0.2, 0.25) is 0 Å². The molecule has 0 aliphatic carbocycles. The molecule has 13 heavy (non-hydrogen) atoms. The SMILES string of the molecule is CC(N)C(O)c1ccc(Br)cc1F. The Morgan fingerprint density at radius 2 is 2.15 bits per heavy atom. The first-order valence-corrected chi connectivity index (χ1v) is 4.70. The third-order valence-electron chi connectivity index (χ3n) is 1.78. The molecule has 72 valence electrons. The molecule has 0 spiro atoms. The van der Waals surface area contributed by atoms with Gasteiger partial charge in [0.05, 0.1) is 6.10 Å². The van der Waals surface area contributed by atoms with Gasteiger partial charge in [0.15, 0.2) is 0 Å². The number of nitrogens with two attached hydrogens (primary N) is 1. The van der Waals surface area contributed by atoms with E-state index in [2.05, 4.69) is 15.9 Å². The smallest absolute Gasteiger partial charge is 0.130 e. The average Bonchev–Trinajstić information content (AvgIpc) is 2.03. The zero-order valence-corrected chi connectivity index (χ0v) is 8.75. The molecule has 4 heteroatoms. The highest BCUT2D eigenvalue weighted by atomic mass is 79.9. The van der Waals surface area contributed by atoms with Gasteiger partial charge in [-0.1, -0.05) is 22.0 Å². The van der Waals surface area contributed by atoms with Crippen LogP contribution in [-0.2, 0) is 0 Å². The van der Waals surface area contributed by atoms with Gasteiger partial charge in [-0.15, -0.1) is 0 Å². The highest BCUT2D eigenvalue weighted by Gasteiger charge is 2.16. The number of halogens is 2. The third kappa shape index (κ3) is 2.49. The molecule has 0 fully saturated rings. The van der Waals surface area contributed by atoms with Crippen molar-refractivity contribution in [2.24, 2.45) is 5.73 Å². The largest absolute Gasteiger partial charge is 0.387 e. The normalized spacial score (nSPS) is 15.5. The van der Waals surface area contributed by atoms with Crippen LogP contribution in [0.5, 0.6) is 0 Å². The topological polar surface area (TPSA) is 46.2 Å². The molecular weight excluding hydrogens is 237 g/mol. The molecule has 2 atom stereocenters. The van der Waals surface area contributed by atoms with Crippen LogP contribution in [0, 0.1) is 5.82 Å². The molecule has 1 aromatic carbocycles. The summed E-state index contributed by atoms with van der Waals surface area (Å²) in [5.74, 6) is -0.445. The minimum atomic E-state index is -0.951. The molecule has 0 amide bonds. The monoisotopic (exact) mass is 247 g/mol. The van der Waals surface area contributed by atoms with Gasteiger partial charge in [0.25, 0.3) is 0 Å². The van der Waals surface area contributed by atoms with Crippen molar-refractivity contribution in [2.45, 2.75) is 19.1 Å². The molecule has 1 rings (SSSR count). The van der Waals surface area contributed by atoms with E-state index in [4.69, 9.17) is 5.73 Å². The van der Waals surface area contributed by atoms with Crippen molar-refractivity contribution >= 4 is 15.9 Å². The highest BCUT2D eigenvalue weighted by molar-refractivity contribution is 9.10. The second-order valence-corrected chi connectivity index (χ2v) is 3.89. The molecule has 0 radical (unpaired) electrons. The van der Waals surface area contributed by atoms with E-state index in [9.17, 15) is 9.50 Å². The molecule has 2 nitrogen and oxygen atoms in total. The number of hydrogen-bond acceptors (Lipinski definition) is 2. The zero-order valence-electron chi connectivity index (χ0n) is 7.17. The number of aliphatic hydroxyl groups is 1. The molecule has 0 aliphatic rings. The fourth-order valence-corrected chi connectivity index (χ4v) is 1.36. The summed E-state index contributed by atoms with van der Waals surface area (Å²) in [5, 5.41) is 9.49. The second-order valence-electron chi connectivity index (χ2n) is 2.97. The van der Waals surface area contributed by atoms with Crippen molar-refractivity contribution in [3.8, 4) is 0 Å². The Bertz CT molecular complexity index is 304. The first-order valence-electron chi connectivity index (χ1n) is 3.91. The van der Waals surface area contributed by atoms with Gasteiger partial charge in [-0.25, -0.2) is 4.39 Å². The highest BCUT2D eigenvalue weighted by Crippen LogP contribution is 2.22. The van der Waals surface area contributed by atoms with Crippen LogP contribution in [0.3, 0.4) is 0 Å². The summed E-state index contributed by atoms with van der Waals surface area (Å²) < 4.78 is 13.9. The Morgan fingerprint density at radius 1 is 1.54 bits per heavy atom. The maximum absolute atomic E-state index is 13.2. The fourth-order valence-electron chi connectivity index (χ4n) is 1.02. The first kappa shape index (κ1) is 10.6. The quantitative estimate of drug-likeness (QED) is 0.840. The van der Waals surface area contributed by atoms with Gasteiger partial charge in [0, 0.05) is 16.1 Å². The van der Waals surface area contributed by atoms with Crippen molar-refractivity contribution in [1.29, 1.82) is 0 Å². The molecular formula is C9H11BrFNO. The minimum absolute atomic E-state index is 0.234. The lowest BCUT2D eigenvalue weighted by molar-refractivity contribution is 0.149. The molecule has 0 heterocycles. The van der Waals surface area contributed by atoms with Crippen LogP contribution in [-0.4, -0.2) is 11.1 Å². The van der Waals surface area contributed by atoms with E-state index in [1.807, 2.05) is 0 Å². The van der Waals surface area contributed by atoms with Gasteiger partial charge in [-0.3, -0.25) is 0 Å². The van der Waals surface area contributed by atoms with Crippen molar-refractivity contribution in [1.82, 2.24) is 0 Å². The summed E-state index contributed by atoms with van der Waals surface area (Å²) in [4.78, 5) is 0. The predicted octanol–water partition coefficient (Wildman–Crippen LogP) is 1.97. The Morgan fingerprint density at radius 3 is 2.62 bits per heavy atom. The van der Waals surface area contributed by atoms with E-state index in [1.54, 1.807) is 13.0 Å². The standard InChI is InChI=1S/C9H11BrFNO/c1-5(12)9(13)7-3-2-6(10)4-8(7)11/h2-5,9,13H,12H2,1H3. The summed E-state index contributed by atoms with van der Waals surface area (Å²) in [6, 6.07) is 4.02. The average molecular weight is 248 g/mol. The molecule has 0 bridgehead atoms. The zero-order chi connectivity index (χ0) is 10.0. The van der Waals surface area contributed by atoms with E-state index in [0.717, 1.165) is 0 Å². The lowest BCUT2D eigenvalue weighted by Crippen LogP contribution is -2.25. The van der Waals surface area contributed by atoms with Crippen molar-refractivity contribution in [3.63, 3.8) is 0 Å². The number of rotatable bonds is 2. The number of benzene rings is 1. The molecule has 0 saturated heterocycles. The van der Waals surface area contributed by atoms with Crippen LogP contribution in [0.4, 0.5) is 4.39 Å². The van der Waals surface area contributed by atoms with Gasteiger partial charge in [-0.05, 0) is 19.1 Å². The van der Waals surface area contributed by atoms with Gasteiger partial charge in [0.1, 0.15) is 5.82 Å². The van der Waals surface area contributed by atoms with E-state index >= 15 is 0 Å². The van der Waals surface area contributed by atoms with Crippen molar-refractivity contribution in [3.05, 3.63) is 34.1 Å². The molecule has 1 aromatic rings. The van der Waals surface area contributed by atoms with Crippen LogP contribution < -0.4 is 5.73 Å². The summed E-state index contributed by atoms with van der Waals surface area (Å²) in [7, 11) is 0. The molecule has 0 saturated carbocycles. The summed E-state index contributed by atoms with van der Waals surface area (Å²) in [6.07, 6.45) is -0.951. The number of aliphatic hydroxyl groups excluding tert-OH is 1. The van der Waals surface area contributed by atoms with Crippen molar-refractivity contribution in [2.75, 3.05) is 0 Å². The van der Waals surface area contributed by atoms with Crippen LogP contribution in [0.15, 0.2) is 22.7 Å². The van der Waals surface area contributed by atoms with Gasteiger partial charge < -0.3 is 10.8 Å². The lowest BCUT2D eigenvalue weighted by atomic mass is 10.0. The Kier molecular flexibility index (Phi) is 3.41. The maximum atomic E-state index is 13.2. The summed E-state index contributed by atoms with van der Waals surface area (Å²) >= 11 is 3.13. The molecule has 0 aromatic heterocycles. The third-order valence-corrected chi connectivity index (χ3v) is 2.27. The maximum Gasteiger partial charge on any atom is 0.130 e. The van der Waals surface area contributed by atoms with Crippen LogP contribution >= 0.6 is 15.9 Å². The van der Waals surface area contributed by atoms with Crippen LogP contribution in [0.25, 0.3) is 0 Å². The summed E-state index contributed by atoms with van der Waals surface area (Å²) in [5.41, 5.74) is 5.68. The molecule has 2 unspecified atom stereocenters. The van der Waals surface area contributed by atoms with E-state index in [0.29, 0.717) is 4.47 Å². The summed E-state index contributed by atoms with van der Waals surface area (Å²) in [6.45, 7) is 1.63. The second kappa shape index (κ2) is 4.17. The van der Waals surface area contributed by atoms with Gasteiger partial charge in [-0.2, -0.15) is 0 Å². The predicted molar refractivity (Wildman–Crippen MR) is 52.7 cm³/mol. The van der Waals surface area contributed by atoms with E-state index in [1.165, 1.54) is 12.1 Å². The molecule has 3 N–H and O–H groups in total. The fraction of sp³-hybridized carbons (Fsp3) is 0.333. The lowest BCUT2D eigenvalue weighted by Gasteiger charge is -2.15. The van der Waals surface area contributed by atoms with Crippen LogP contribution in [0.1, 0.15) is 18.6 Å².